The summed E-state index contributed by atoms with van der Waals surface area (Å²) in [7, 11) is 0. The molecule has 37 heavy (non-hydrogen) atoms. The number of hydrogen-bond donors (Lipinski definition) is 2. The zero-order valence-corrected chi connectivity index (χ0v) is 21.3. The van der Waals surface area contributed by atoms with Gasteiger partial charge >= 0.3 is 5.97 Å². The van der Waals surface area contributed by atoms with Crippen LogP contribution in [0.25, 0.3) is 5.76 Å². The summed E-state index contributed by atoms with van der Waals surface area (Å²) in [6.07, 6.45) is 0.628. The number of ketones is 1. The molecule has 4 rings (SSSR count). The van der Waals surface area contributed by atoms with E-state index in [0.717, 1.165) is 19.6 Å². The molecule has 198 valence electrons. The number of aromatic nitrogens is 1. The Hall–Kier alpha value is -3.50. The fourth-order valence-electron chi connectivity index (χ4n) is 5.13. The number of quaternary nitrogens is 1. The largest absolute Gasteiger partial charge is 0.872 e. The average molecular weight is 514 g/mol. The fourth-order valence-corrected chi connectivity index (χ4v) is 5.13. The molecule has 2 aliphatic heterocycles. The maximum absolute atomic E-state index is 13.9. The van der Waals surface area contributed by atoms with Gasteiger partial charge in [0, 0.05) is 24.2 Å². The fraction of sp³-hybridized carbons (Fsp3) is 0.444. The number of esters is 1. The number of nitrogens with zero attached hydrogens (tertiary/aromatic N) is 1. The highest BCUT2D eigenvalue weighted by atomic mass is 19.1. The topological polar surface area (TPSA) is 116 Å². The lowest BCUT2D eigenvalue weighted by molar-refractivity contribution is -0.908. The molecular weight excluding hydrogens is 481 g/mol. The standard InChI is InChI=1S/C27H32FN3O6/c1-4-37-27(35)22-16(2)20(17(3)29-22)24(32)21-23(18-6-8-19(28)9-7-18)31(26(34)25(21)33)11-5-10-30-12-14-36-15-13-30/h6-9,23,29,32H,4-5,10-15H2,1-3H3. The van der Waals surface area contributed by atoms with Gasteiger partial charge in [-0.1, -0.05) is 17.9 Å². The van der Waals surface area contributed by atoms with Crippen LogP contribution in [-0.2, 0) is 19.1 Å². The lowest BCUT2D eigenvalue weighted by Crippen LogP contribution is -3.14. The summed E-state index contributed by atoms with van der Waals surface area (Å²) in [5, 5.41) is 13.9. The van der Waals surface area contributed by atoms with E-state index in [-0.39, 0.29) is 30.0 Å². The van der Waals surface area contributed by atoms with Crippen molar-refractivity contribution in [1.82, 2.24) is 9.88 Å². The zero-order chi connectivity index (χ0) is 26.7. The highest BCUT2D eigenvalue weighted by Crippen LogP contribution is 2.40. The summed E-state index contributed by atoms with van der Waals surface area (Å²) < 4.78 is 24.2. The molecule has 1 atom stereocenters. The number of carbonyl (C=O) groups is 3. The quantitative estimate of drug-likeness (QED) is 0.230. The highest BCUT2D eigenvalue weighted by Gasteiger charge is 2.44. The van der Waals surface area contributed by atoms with E-state index in [1.54, 1.807) is 20.8 Å². The minimum Gasteiger partial charge on any atom is -0.872 e. The maximum Gasteiger partial charge on any atom is 0.355 e. The number of benzene rings is 1. The third kappa shape index (κ3) is 5.30. The van der Waals surface area contributed by atoms with Gasteiger partial charge in [-0.3, -0.25) is 9.59 Å². The molecule has 0 spiro atoms. The van der Waals surface area contributed by atoms with E-state index in [0.29, 0.717) is 36.5 Å². The Morgan fingerprint density at radius 2 is 1.89 bits per heavy atom. The number of halogens is 1. The summed E-state index contributed by atoms with van der Waals surface area (Å²) in [5.41, 5.74) is 1.30. The van der Waals surface area contributed by atoms with E-state index in [2.05, 4.69) is 4.98 Å². The van der Waals surface area contributed by atoms with Crippen LogP contribution in [0.4, 0.5) is 4.39 Å². The molecule has 0 saturated carbocycles. The molecule has 2 aromatic rings. The molecule has 2 fully saturated rings. The van der Waals surface area contributed by atoms with Crippen LogP contribution in [0.1, 0.15) is 52.3 Å². The number of rotatable bonds is 8. The molecule has 3 heterocycles. The Labute approximate surface area is 214 Å². The number of Topliss-reactive ketones (excluding diaryl/α,β-unsaturated/α-hetero) is 1. The molecule has 0 aliphatic carbocycles. The van der Waals surface area contributed by atoms with Gasteiger partial charge in [-0.25, -0.2) is 9.18 Å². The number of likely N-dealkylation sites (tertiary alicyclic amines) is 1. The smallest absolute Gasteiger partial charge is 0.355 e. The van der Waals surface area contributed by atoms with Crippen molar-refractivity contribution >= 4 is 23.4 Å². The predicted molar refractivity (Wildman–Crippen MR) is 130 cm³/mol. The van der Waals surface area contributed by atoms with E-state index in [4.69, 9.17) is 9.47 Å². The highest BCUT2D eigenvalue weighted by molar-refractivity contribution is 6.46. The number of H-pyrrole nitrogens is 1. The first-order chi connectivity index (χ1) is 17.7. The molecule has 10 heteroatoms. The van der Waals surface area contributed by atoms with Gasteiger partial charge < -0.3 is 29.4 Å². The number of ether oxygens (including phenoxy) is 2. The molecule has 1 unspecified atom stereocenters. The third-order valence-electron chi connectivity index (χ3n) is 6.99. The lowest BCUT2D eigenvalue weighted by atomic mass is 9.94. The van der Waals surface area contributed by atoms with E-state index in [1.807, 2.05) is 0 Å². The molecule has 2 aliphatic rings. The second-order valence-electron chi connectivity index (χ2n) is 9.34. The van der Waals surface area contributed by atoms with Crippen LogP contribution in [0.2, 0.25) is 0 Å². The molecule has 2 N–H and O–H groups in total. The number of amides is 1. The SMILES string of the molecule is CCOC(=O)c1[nH]c(C)c(C([O-])=C2C(=O)C(=O)N(CCC[NH+]3CCOCC3)C2c2ccc(F)cc2)c1C. The van der Waals surface area contributed by atoms with Crippen molar-refractivity contribution in [2.45, 2.75) is 33.2 Å². The molecule has 0 bridgehead atoms. The van der Waals surface area contributed by atoms with Crippen molar-refractivity contribution < 1.29 is 38.3 Å². The van der Waals surface area contributed by atoms with Crippen LogP contribution >= 0.6 is 0 Å². The maximum atomic E-state index is 13.9. The molecule has 1 amide bonds. The summed E-state index contributed by atoms with van der Waals surface area (Å²) in [6.45, 7) is 9.24. The molecule has 9 nitrogen and oxygen atoms in total. The molecule has 1 aromatic carbocycles. The number of nitrogens with one attached hydrogen (secondary N) is 2. The van der Waals surface area contributed by atoms with Crippen LogP contribution in [0.15, 0.2) is 29.8 Å². The van der Waals surface area contributed by atoms with Crippen LogP contribution in [0.5, 0.6) is 0 Å². The number of aromatic amines is 1. The van der Waals surface area contributed by atoms with E-state index in [9.17, 15) is 23.9 Å². The molecule has 2 saturated heterocycles. The van der Waals surface area contributed by atoms with Gasteiger partial charge in [0.05, 0.1) is 32.4 Å². The van der Waals surface area contributed by atoms with Gasteiger partial charge in [-0.2, -0.15) is 0 Å². The van der Waals surface area contributed by atoms with Crippen molar-refractivity contribution in [2.75, 3.05) is 46.0 Å². The van der Waals surface area contributed by atoms with Gasteiger partial charge in [0.15, 0.2) is 0 Å². The Morgan fingerprint density at radius 3 is 2.54 bits per heavy atom. The normalized spacial score (nSPS) is 20.0. The van der Waals surface area contributed by atoms with Crippen molar-refractivity contribution in [2.24, 2.45) is 0 Å². The summed E-state index contributed by atoms with van der Waals surface area (Å²) in [4.78, 5) is 44.5. The van der Waals surface area contributed by atoms with Crippen LogP contribution < -0.4 is 10.0 Å². The van der Waals surface area contributed by atoms with Crippen molar-refractivity contribution in [3.63, 3.8) is 0 Å². The average Bonchev–Trinajstić information content (AvgIpc) is 3.32. The third-order valence-corrected chi connectivity index (χ3v) is 6.99. The number of aryl methyl sites for hydroxylation is 1. The molecular formula is C27H32FN3O6. The summed E-state index contributed by atoms with van der Waals surface area (Å²) in [6, 6.07) is 4.51. The van der Waals surface area contributed by atoms with Gasteiger partial charge in [0.1, 0.15) is 24.6 Å². The summed E-state index contributed by atoms with van der Waals surface area (Å²) >= 11 is 0. The lowest BCUT2D eigenvalue weighted by Gasteiger charge is -2.29. The first-order valence-electron chi connectivity index (χ1n) is 12.5. The van der Waals surface area contributed by atoms with Gasteiger partial charge in [0.25, 0.3) is 5.91 Å². The van der Waals surface area contributed by atoms with E-state index in [1.165, 1.54) is 34.1 Å². The number of carbonyl (C=O) groups excluding carboxylic acids is 3. The Bertz CT molecular complexity index is 1210. The first kappa shape index (κ1) is 26.6. The first-order valence-corrected chi connectivity index (χ1v) is 12.5. The van der Waals surface area contributed by atoms with Crippen molar-refractivity contribution in [3.05, 3.63) is 63.7 Å². The monoisotopic (exact) mass is 513 g/mol. The van der Waals surface area contributed by atoms with Gasteiger partial charge in [-0.05, 0) is 49.6 Å². The Kier molecular flexibility index (Phi) is 8.09. The van der Waals surface area contributed by atoms with Gasteiger partial charge in [0.2, 0.25) is 5.78 Å². The second kappa shape index (κ2) is 11.3. The van der Waals surface area contributed by atoms with Crippen molar-refractivity contribution in [3.8, 4) is 0 Å². The predicted octanol–water partition coefficient (Wildman–Crippen LogP) is 0.477. The van der Waals surface area contributed by atoms with E-state index >= 15 is 0 Å². The van der Waals surface area contributed by atoms with Crippen LogP contribution in [0, 0.1) is 19.7 Å². The Morgan fingerprint density at radius 1 is 1.22 bits per heavy atom. The molecule has 1 aromatic heterocycles. The van der Waals surface area contributed by atoms with Crippen LogP contribution in [-0.4, -0.2) is 73.5 Å². The van der Waals surface area contributed by atoms with E-state index < -0.39 is 35.3 Å². The Balaban J connectivity index is 1.73. The molecule has 0 radical (unpaired) electrons. The van der Waals surface area contributed by atoms with Crippen LogP contribution in [0.3, 0.4) is 0 Å². The zero-order valence-electron chi connectivity index (χ0n) is 21.3. The number of morpholine rings is 1. The minimum absolute atomic E-state index is 0.128. The summed E-state index contributed by atoms with van der Waals surface area (Å²) in [5.74, 6) is -3.34. The van der Waals surface area contributed by atoms with Crippen molar-refractivity contribution in [1.29, 1.82) is 0 Å². The number of hydrogen-bond acceptors (Lipinski definition) is 6. The van der Waals surface area contributed by atoms with Gasteiger partial charge in [-0.15, -0.1) is 0 Å². The minimum atomic E-state index is -0.951. The second-order valence-corrected chi connectivity index (χ2v) is 9.34.